The van der Waals surface area contributed by atoms with Crippen LogP contribution in [0.5, 0.6) is 0 Å². The van der Waals surface area contributed by atoms with E-state index in [0.717, 1.165) is 16.9 Å². The number of aromatic nitrogens is 1. The second kappa shape index (κ2) is 6.16. The van der Waals surface area contributed by atoms with E-state index in [4.69, 9.17) is 5.73 Å². The summed E-state index contributed by atoms with van der Waals surface area (Å²) >= 11 is 1.52. The van der Waals surface area contributed by atoms with Gasteiger partial charge in [0.15, 0.2) is 0 Å². The van der Waals surface area contributed by atoms with Gasteiger partial charge in [-0.3, -0.25) is 4.79 Å². The molecule has 1 amide bonds. The SMILES string of the molecule is Nc1ccccc1CCC(=O)NCc1cscn1. The number of hydrogen-bond acceptors (Lipinski definition) is 4. The lowest BCUT2D eigenvalue weighted by molar-refractivity contribution is -0.121. The van der Waals surface area contributed by atoms with Crippen molar-refractivity contribution in [2.75, 3.05) is 5.73 Å². The Bertz CT molecular complexity index is 511. The molecule has 2 rings (SSSR count). The molecule has 4 nitrogen and oxygen atoms in total. The van der Waals surface area contributed by atoms with Crippen molar-refractivity contribution in [3.05, 3.63) is 46.4 Å². The molecule has 0 radical (unpaired) electrons. The van der Waals surface area contributed by atoms with Crippen molar-refractivity contribution >= 4 is 22.9 Å². The number of rotatable bonds is 5. The van der Waals surface area contributed by atoms with Crippen molar-refractivity contribution in [2.45, 2.75) is 19.4 Å². The van der Waals surface area contributed by atoms with Crippen molar-refractivity contribution in [1.82, 2.24) is 10.3 Å². The highest BCUT2D eigenvalue weighted by molar-refractivity contribution is 7.07. The molecular formula is C13H15N3OS. The molecule has 2 aromatic rings. The summed E-state index contributed by atoms with van der Waals surface area (Å²) in [5, 5.41) is 4.77. The first kappa shape index (κ1) is 12.6. The predicted octanol–water partition coefficient (Wildman–Crippen LogP) is 1.97. The van der Waals surface area contributed by atoms with Crippen molar-refractivity contribution in [3.8, 4) is 0 Å². The Labute approximate surface area is 110 Å². The van der Waals surface area contributed by atoms with E-state index in [-0.39, 0.29) is 5.91 Å². The number of thiazole rings is 1. The summed E-state index contributed by atoms with van der Waals surface area (Å²) in [6.45, 7) is 0.493. The number of nitrogen functional groups attached to an aromatic ring is 1. The standard InChI is InChI=1S/C13H15N3OS/c14-12-4-2-1-3-10(12)5-6-13(17)15-7-11-8-18-9-16-11/h1-4,8-9H,5-7,14H2,(H,15,17). The maximum Gasteiger partial charge on any atom is 0.220 e. The van der Waals surface area contributed by atoms with Gasteiger partial charge in [-0.25, -0.2) is 4.98 Å². The quantitative estimate of drug-likeness (QED) is 0.809. The van der Waals surface area contributed by atoms with Crippen LogP contribution < -0.4 is 11.1 Å². The summed E-state index contributed by atoms with van der Waals surface area (Å²) in [7, 11) is 0. The first-order chi connectivity index (χ1) is 8.75. The molecule has 94 valence electrons. The normalized spacial score (nSPS) is 10.2. The van der Waals surface area contributed by atoms with Gasteiger partial charge in [0.2, 0.25) is 5.91 Å². The van der Waals surface area contributed by atoms with Gasteiger partial charge in [0.05, 0.1) is 17.7 Å². The Hall–Kier alpha value is -1.88. The Kier molecular flexibility index (Phi) is 4.30. The third-order valence-corrected chi connectivity index (χ3v) is 3.26. The molecular weight excluding hydrogens is 246 g/mol. The maximum atomic E-state index is 11.6. The minimum Gasteiger partial charge on any atom is -0.399 e. The van der Waals surface area contributed by atoms with E-state index >= 15 is 0 Å². The lowest BCUT2D eigenvalue weighted by Crippen LogP contribution is -2.23. The monoisotopic (exact) mass is 261 g/mol. The van der Waals surface area contributed by atoms with Gasteiger partial charge in [0, 0.05) is 17.5 Å². The lowest BCUT2D eigenvalue weighted by Gasteiger charge is -2.05. The largest absolute Gasteiger partial charge is 0.399 e. The summed E-state index contributed by atoms with van der Waals surface area (Å²) in [5.74, 6) is 0.0197. The number of hydrogen-bond donors (Lipinski definition) is 2. The molecule has 0 atom stereocenters. The van der Waals surface area contributed by atoms with Gasteiger partial charge in [-0.15, -0.1) is 11.3 Å². The average Bonchev–Trinajstić information content (AvgIpc) is 2.88. The van der Waals surface area contributed by atoms with E-state index < -0.39 is 0 Å². The number of para-hydroxylation sites is 1. The molecule has 0 aliphatic heterocycles. The summed E-state index contributed by atoms with van der Waals surface area (Å²) in [6, 6.07) is 7.62. The first-order valence-electron chi connectivity index (χ1n) is 5.73. The zero-order valence-corrected chi connectivity index (χ0v) is 10.7. The van der Waals surface area contributed by atoms with Crippen molar-refractivity contribution in [3.63, 3.8) is 0 Å². The topological polar surface area (TPSA) is 68.0 Å². The fraction of sp³-hybridized carbons (Fsp3) is 0.231. The number of carbonyl (C=O) groups is 1. The molecule has 18 heavy (non-hydrogen) atoms. The molecule has 0 fully saturated rings. The second-order valence-electron chi connectivity index (χ2n) is 3.96. The second-order valence-corrected chi connectivity index (χ2v) is 4.67. The number of nitrogens with two attached hydrogens (primary N) is 1. The van der Waals surface area contributed by atoms with E-state index in [9.17, 15) is 4.79 Å². The van der Waals surface area contributed by atoms with Crippen LogP contribution in [0, 0.1) is 0 Å². The number of benzene rings is 1. The van der Waals surface area contributed by atoms with Crippen molar-refractivity contribution in [1.29, 1.82) is 0 Å². The highest BCUT2D eigenvalue weighted by Gasteiger charge is 2.04. The first-order valence-corrected chi connectivity index (χ1v) is 6.67. The summed E-state index contributed by atoms with van der Waals surface area (Å²) in [6.07, 6.45) is 1.11. The third kappa shape index (κ3) is 3.56. The zero-order valence-electron chi connectivity index (χ0n) is 9.93. The summed E-state index contributed by atoms with van der Waals surface area (Å²) in [4.78, 5) is 15.8. The van der Waals surface area contributed by atoms with Gasteiger partial charge < -0.3 is 11.1 Å². The number of anilines is 1. The van der Waals surface area contributed by atoms with Gasteiger partial charge >= 0.3 is 0 Å². The molecule has 1 heterocycles. The lowest BCUT2D eigenvalue weighted by atomic mass is 10.1. The molecule has 0 bridgehead atoms. The smallest absolute Gasteiger partial charge is 0.220 e. The highest BCUT2D eigenvalue weighted by Crippen LogP contribution is 2.12. The van der Waals surface area contributed by atoms with E-state index in [1.807, 2.05) is 29.6 Å². The van der Waals surface area contributed by atoms with Crippen LogP contribution in [0.1, 0.15) is 17.7 Å². The molecule has 0 aliphatic rings. The fourth-order valence-electron chi connectivity index (χ4n) is 1.61. The van der Waals surface area contributed by atoms with Crippen LogP contribution in [-0.2, 0) is 17.8 Å². The number of nitrogens with zero attached hydrogens (tertiary/aromatic N) is 1. The molecule has 0 unspecified atom stereocenters. The van der Waals surface area contributed by atoms with E-state index in [1.54, 1.807) is 5.51 Å². The number of aryl methyl sites for hydroxylation is 1. The van der Waals surface area contributed by atoms with Crippen LogP contribution >= 0.6 is 11.3 Å². The van der Waals surface area contributed by atoms with Gasteiger partial charge in [0.1, 0.15) is 0 Å². The minimum absolute atomic E-state index is 0.0197. The van der Waals surface area contributed by atoms with Crippen LogP contribution in [0.3, 0.4) is 0 Å². The van der Waals surface area contributed by atoms with Crippen LogP contribution in [-0.4, -0.2) is 10.9 Å². The molecule has 0 aliphatic carbocycles. The van der Waals surface area contributed by atoms with Crippen LogP contribution in [0.25, 0.3) is 0 Å². The number of carbonyl (C=O) groups excluding carboxylic acids is 1. The highest BCUT2D eigenvalue weighted by atomic mass is 32.1. The van der Waals surface area contributed by atoms with Gasteiger partial charge in [-0.1, -0.05) is 18.2 Å². The minimum atomic E-state index is 0.0197. The van der Waals surface area contributed by atoms with Gasteiger partial charge in [-0.2, -0.15) is 0 Å². The fourth-order valence-corrected chi connectivity index (χ4v) is 2.17. The van der Waals surface area contributed by atoms with Crippen molar-refractivity contribution < 1.29 is 4.79 Å². The molecule has 1 aromatic heterocycles. The molecule has 0 spiro atoms. The molecule has 1 aromatic carbocycles. The summed E-state index contributed by atoms with van der Waals surface area (Å²) in [5.41, 5.74) is 10.2. The van der Waals surface area contributed by atoms with E-state index in [2.05, 4.69) is 10.3 Å². The molecule has 3 N–H and O–H groups in total. The predicted molar refractivity (Wildman–Crippen MR) is 73.1 cm³/mol. The maximum absolute atomic E-state index is 11.6. The third-order valence-electron chi connectivity index (χ3n) is 2.63. The van der Waals surface area contributed by atoms with E-state index in [0.29, 0.717) is 19.4 Å². The molecule has 5 heteroatoms. The average molecular weight is 261 g/mol. The van der Waals surface area contributed by atoms with Crippen LogP contribution in [0.4, 0.5) is 5.69 Å². The Morgan fingerprint density at radius 1 is 1.39 bits per heavy atom. The molecule has 0 saturated carbocycles. The Morgan fingerprint density at radius 3 is 2.94 bits per heavy atom. The Morgan fingerprint density at radius 2 is 2.22 bits per heavy atom. The van der Waals surface area contributed by atoms with Crippen LogP contribution in [0.2, 0.25) is 0 Å². The number of amides is 1. The zero-order chi connectivity index (χ0) is 12.8. The van der Waals surface area contributed by atoms with Gasteiger partial charge in [-0.05, 0) is 18.1 Å². The number of nitrogens with one attached hydrogen (secondary N) is 1. The molecule has 0 saturated heterocycles. The van der Waals surface area contributed by atoms with Crippen LogP contribution in [0.15, 0.2) is 35.2 Å². The van der Waals surface area contributed by atoms with E-state index in [1.165, 1.54) is 11.3 Å². The van der Waals surface area contributed by atoms with Gasteiger partial charge in [0.25, 0.3) is 0 Å². The Balaban J connectivity index is 1.77. The summed E-state index contributed by atoms with van der Waals surface area (Å²) < 4.78 is 0. The van der Waals surface area contributed by atoms with Crippen molar-refractivity contribution in [2.24, 2.45) is 0 Å².